The lowest BCUT2D eigenvalue weighted by Crippen LogP contribution is -2.30. The van der Waals surface area contributed by atoms with Crippen LogP contribution >= 0.6 is 0 Å². The molecule has 2 rings (SSSR count). The number of benzene rings is 1. The van der Waals surface area contributed by atoms with E-state index in [0.29, 0.717) is 12.3 Å². The maximum Gasteiger partial charge on any atom is 0.219 e. The van der Waals surface area contributed by atoms with E-state index in [2.05, 4.69) is 41.4 Å². The van der Waals surface area contributed by atoms with Crippen molar-refractivity contribution < 1.29 is 4.79 Å². The maximum absolute atomic E-state index is 11.5. The van der Waals surface area contributed by atoms with Crippen LogP contribution in [0.4, 0.5) is 5.69 Å². The van der Waals surface area contributed by atoms with Crippen LogP contribution in [-0.4, -0.2) is 25.5 Å². The summed E-state index contributed by atoms with van der Waals surface area (Å²) in [5.41, 5.74) is 2.60. The molecule has 0 bridgehead atoms. The molecule has 0 saturated carbocycles. The molecule has 0 radical (unpaired) electrons. The monoisotopic (exact) mass is 260 g/mol. The number of carbonyl (C=O) groups is 1. The lowest BCUT2D eigenvalue weighted by atomic mass is 10.1. The molecule has 1 aromatic rings. The lowest BCUT2D eigenvalue weighted by Gasteiger charge is -2.19. The van der Waals surface area contributed by atoms with Crippen LogP contribution in [0, 0.1) is 12.8 Å². The third-order valence-corrected chi connectivity index (χ3v) is 3.75. The average Bonchev–Trinajstić information content (AvgIpc) is 2.86. The Morgan fingerprint density at radius 3 is 2.79 bits per heavy atom. The molecule has 1 aliphatic rings. The van der Waals surface area contributed by atoms with Crippen molar-refractivity contribution in [3.63, 3.8) is 0 Å². The van der Waals surface area contributed by atoms with E-state index in [1.165, 1.54) is 17.7 Å². The minimum absolute atomic E-state index is 0.191. The van der Waals surface area contributed by atoms with Gasteiger partial charge in [-0.25, -0.2) is 0 Å². The van der Waals surface area contributed by atoms with Gasteiger partial charge in [-0.2, -0.15) is 0 Å². The first kappa shape index (κ1) is 13.9. The largest absolute Gasteiger partial charge is 0.371 e. The molecule has 3 heteroatoms. The summed E-state index contributed by atoms with van der Waals surface area (Å²) in [5.74, 6) is 0.776. The first-order valence-electron chi connectivity index (χ1n) is 7.27. The number of rotatable bonds is 5. The van der Waals surface area contributed by atoms with Crippen LogP contribution in [0.25, 0.3) is 0 Å². The van der Waals surface area contributed by atoms with Crippen molar-refractivity contribution in [2.45, 2.75) is 33.1 Å². The lowest BCUT2D eigenvalue weighted by molar-refractivity contribution is -0.121. The Kier molecular flexibility index (Phi) is 4.83. The Labute approximate surface area is 116 Å². The zero-order valence-electron chi connectivity index (χ0n) is 12.0. The highest BCUT2D eigenvalue weighted by Gasteiger charge is 2.22. The molecular weight excluding hydrogens is 236 g/mol. The van der Waals surface area contributed by atoms with Crippen molar-refractivity contribution in [2.24, 2.45) is 5.92 Å². The van der Waals surface area contributed by atoms with Gasteiger partial charge in [0.1, 0.15) is 0 Å². The summed E-state index contributed by atoms with van der Waals surface area (Å²) in [4.78, 5) is 13.9. The molecule has 1 N–H and O–H groups in total. The SMILES string of the molecule is CCCC(=O)NCC1CCN(c2ccc(C)cc2)C1. The fourth-order valence-electron chi connectivity index (χ4n) is 2.56. The van der Waals surface area contributed by atoms with Gasteiger partial charge in [-0.15, -0.1) is 0 Å². The second kappa shape index (κ2) is 6.60. The first-order chi connectivity index (χ1) is 9.19. The van der Waals surface area contributed by atoms with Crippen molar-refractivity contribution >= 4 is 11.6 Å². The Bertz CT molecular complexity index is 413. The minimum atomic E-state index is 0.191. The predicted octanol–water partition coefficient (Wildman–Crippen LogP) is 2.74. The molecule has 1 heterocycles. The van der Waals surface area contributed by atoms with Gasteiger partial charge in [0.15, 0.2) is 0 Å². The fourth-order valence-corrected chi connectivity index (χ4v) is 2.56. The van der Waals surface area contributed by atoms with Gasteiger partial charge in [0.25, 0.3) is 0 Å². The van der Waals surface area contributed by atoms with Gasteiger partial charge in [-0.05, 0) is 37.8 Å². The van der Waals surface area contributed by atoms with Crippen LogP contribution in [0.2, 0.25) is 0 Å². The average molecular weight is 260 g/mol. The van der Waals surface area contributed by atoms with Gasteiger partial charge in [0.05, 0.1) is 0 Å². The van der Waals surface area contributed by atoms with E-state index < -0.39 is 0 Å². The summed E-state index contributed by atoms with van der Waals surface area (Å²) in [5, 5.41) is 3.04. The molecule has 0 aliphatic carbocycles. The molecule has 1 aliphatic heterocycles. The molecule has 0 spiro atoms. The highest BCUT2D eigenvalue weighted by molar-refractivity contribution is 5.75. The van der Waals surface area contributed by atoms with Crippen LogP contribution in [0.15, 0.2) is 24.3 Å². The second-order valence-corrected chi connectivity index (χ2v) is 5.49. The molecule has 3 nitrogen and oxygen atoms in total. The molecule has 1 aromatic carbocycles. The Morgan fingerprint density at radius 1 is 1.37 bits per heavy atom. The number of nitrogens with zero attached hydrogens (tertiary/aromatic N) is 1. The van der Waals surface area contributed by atoms with Crippen molar-refractivity contribution in [1.29, 1.82) is 0 Å². The first-order valence-corrected chi connectivity index (χ1v) is 7.27. The third-order valence-electron chi connectivity index (χ3n) is 3.75. The summed E-state index contributed by atoms with van der Waals surface area (Å²) in [6.07, 6.45) is 2.74. The van der Waals surface area contributed by atoms with Gasteiger partial charge in [-0.1, -0.05) is 24.6 Å². The van der Waals surface area contributed by atoms with Crippen LogP contribution in [0.1, 0.15) is 31.7 Å². The molecule has 1 unspecified atom stereocenters. The van der Waals surface area contributed by atoms with Gasteiger partial charge in [0, 0.05) is 31.7 Å². The van der Waals surface area contributed by atoms with Crippen molar-refractivity contribution in [3.05, 3.63) is 29.8 Å². The summed E-state index contributed by atoms with van der Waals surface area (Å²) < 4.78 is 0. The zero-order valence-corrected chi connectivity index (χ0v) is 12.0. The number of hydrogen-bond acceptors (Lipinski definition) is 2. The number of hydrogen-bond donors (Lipinski definition) is 1. The number of nitrogens with one attached hydrogen (secondary N) is 1. The van der Waals surface area contributed by atoms with Crippen LogP contribution in [-0.2, 0) is 4.79 Å². The molecule has 19 heavy (non-hydrogen) atoms. The van der Waals surface area contributed by atoms with Gasteiger partial charge >= 0.3 is 0 Å². The quantitative estimate of drug-likeness (QED) is 0.883. The number of anilines is 1. The van der Waals surface area contributed by atoms with E-state index in [4.69, 9.17) is 0 Å². The normalized spacial score (nSPS) is 18.6. The summed E-state index contributed by atoms with van der Waals surface area (Å²) in [6, 6.07) is 8.69. The predicted molar refractivity (Wildman–Crippen MR) is 79.4 cm³/mol. The van der Waals surface area contributed by atoms with E-state index in [0.717, 1.165) is 26.1 Å². The van der Waals surface area contributed by atoms with Gasteiger partial charge in [-0.3, -0.25) is 4.79 Å². The fraction of sp³-hybridized carbons (Fsp3) is 0.562. The van der Waals surface area contributed by atoms with E-state index in [1.54, 1.807) is 0 Å². The minimum Gasteiger partial charge on any atom is -0.371 e. The second-order valence-electron chi connectivity index (χ2n) is 5.49. The third kappa shape index (κ3) is 3.98. The number of carbonyl (C=O) groups excluding carboxylic acids is 1. The Hall–Kier alpha value is -1.51. The molecule has 1 saturated heterocycles. The standard InChI is InChI=1S/C16H24N2O/c1-3-4-16(19)17-11-14-9-10-18(12-14)15-7-5-13(2)6-8-15/h5-8,14H,3-4,9-12H2,1-2H3,(H,17,19). The van der Waals surface area contributed by atoms with Crippen LogP contribution in [0.5, 0.6) is 0 Å². The molecule has 104 valence electrons. The molecule has 1 atom stereocenters. The molecular formula is C16H24N2O. The van der Waals surface area contributed by atoms with E-state index in [9.17, 15) is 4.79 Å². The maximum atomic E-state index is 11.5. The van der Waals surface area contributed by atoms with Gasteiger partial charge in [0.2, 0.25) is 5.91 Å². The number of aryl methyl sites for hydroxylation is 1. The molecule has 1 amide bonds. The van der Waals surface area contributed by atoms with Crippen LogP contribution < -0.4 is 10.2 Å². The van der Waals surface area contributed by atoms with Gasteiger partial charge < -0.3 is 10.2 Å². The summed E-state index contributed by atoms with van der Waals surface area (Å²) in [7, 11) is 0. The topological polar surface area (TPSA) is 32.3 Å². The van der Waals surface area contributed by atoms with E-state index >= 15 is 0 Å². The molecule has 1 fully saturated rings. The van der Waals surface area contributed by atoms with E-state index in [1.807, 2.05) is 6.92 Å². The van der Waals surface area contributed by atoms with E-state index in [-0.39, 0.29) is 5.91 Å². The van der Waals surface area contributed by atoms with Crippen molar-refractivity contribution in [3.8, 4) is 0 Å². The van der Waals surface area contributed by atoms with Crippen LogP contribution in [0.3, 0.4) is 0 Å². The summed E-state index contributed by atoms with van der Waals surface area (Å²) >= 11 is 0. The smallest absolute Gasteiger partial charge is 0.219 e. The highest BCUT2D eigenvalue weighted by atomic mass is 16.1. The zero-order chi connectivity index (χ0) is 13.7. The van der Waals surface area contributed by atoms with Crippen molar-refractivity contribution in [2.75, 3.05) is 24.5 Å². The molecule has 0 aromatic heterocycles. The summed E-state index contributed by atoms with van der Waals surface area (Å²) in [6.45, 7) is 7.11. The number of amides is 1. The highest BCUT2D eigenvalue weighted by Crippen LogP contribution is 2.23. The Balaban J connectivity index is 1.80. The Morgan fingerprint density at radius 2 is 2.11 bits per heavy atom. The van der Waals surface area contributed by atoms with Crippen molar-refractivity contribution in [1.82, 2.24) is 5.32 Å².